The molecular weight excluding hydrogens is 409 g/mol. The van der Waals surface area contributed by atoms with E-state index in [0.717, 1.165) is 0 Å². The maximum atomic E-state index is 13.2. The Morgan fingerprint density at radius 3 is 2.37 bits per heavy atom. The smallest absolute Gasteiger partial charge is 0.768 e. The van der Waals surface area contributed by atoms with Gasteiger partial charge < -0.3 is 9.29 Å². The molecule has 3 aromatic rings. The molecule has 3 rings (SSSR count). The molecule has 2 aromatic carbocycles. The van der Waals surface area contributed by atoms with Crippen LogP contribution in [-0.4, -0.2) is 25.7 Å². The molecule has 27 heavy (non-hydrogen) atoms. The molecule has 0 amide bonds. The van der Waals surface area contributed by atoms with Crippen LogP contribution >= 0.6 is 11.6 Å². The molecule has 0 radical (unpaired) electrons. The van der Waals surface area contributed by atoms with E-state index in [1.807, 2.05) is 0 Å². The van der Waals surface area contributed by atoms with E-state index >= 15 is 0 Å². The summed E-state index contributed by atoms with van der Waals surface area (Å²) < 4.78 is 54.7. The summed E-state index contributed by atoms with van der Waals surface area (Å²) in [6.45, 7) is 0. The summed E-state index contributed by atoms with van der Waals surface area (Å²) in [6.07, 6.45) is -2.75. The maximum absolute atomic E-state index is 13.2. The first-order chi connectivity index (χ1) is 12.4. The SMILES string of the molecule is COc1ccc(-n2nc(C(F)F)cc2-c2ccc(S(=O)[O-])cc2)cc1Cl.[Na+]. The number of hydrogen-bond acceptors (Lipinski definition) is 4. The fourth-order valence-corrected chi connectivity index (χ4v) is 3.04. The van der Waals surface area contributed by atoms with E-state index in [4.69, 9.17) is 16.3 Å². The van der Waals surface area contributed by atoms with Crippen molar-refractivity contribution in [2.24, 2.45) is 0 Å². The normalized spacial score (nSPS) is 11.9. The van der Waals surface area contributed by atoms with Gasteiger partial charge in [0.05, 0.1) is 23.5 Å². The number of halogens is 3. The predicted octanol–water partition coefficient (Wildman–Crippen LogP) is 1.38. The number of hydrogen-bond donors (Lipinski definition) is 0. The Bertz CT molecular complexity index is 967. The minimum absolute atomic E-state index is 0. The topological polar surface area (TPSA) is 67.2 Å². The number of rotatable bonds is 5. The number of benzene rings is 2. The van der Waals surface area contributed by atoms with Crippen molar-refractivity contribution < 1.29 is 51.8 Å². The molecule has 0 aliphatic carbocycles. The molecule has 0 aliphatic heterocycles. The van der Waals surface area contributed by atoms with Crippen LogP contribution in [-0.2, 0) is 11.1 Å². The molecule has 136 valence electrons. The van der Waals surface area contributed by atoms with E-state index in [-0.39, 0.29) is 34.5 Å². The van der Waals surface area contributed by atoms with Crippen molar-refractivity contribution in [1.29, 1.82) is 0 Å². The van der Waals surface area contributed by atoms with Gasteiger partial charge in [-0.25, -0.2) is 13.5 Å². The zero-order valence-corrected chi connectivity index (χ0v) is 17.9. The van der Waals surface area contributed by atoms with Crippen molar-refractivity contribution in [2.75, 3.05) is 7.11 Å². The molecule has 1 aromatic heterocycles. The van der Waals surface area contributed by atoms with Gasteiger partial charge in [-0.15, -0.1) is 0 Å². The molecule has 1 atom stereocenters. The van der Waals surface area contributed by atoms with Gasteiger partial charge in [-0.2, -0.15) is 5.10 Å². The summed E-state index contributed by atoms with van der Waals surface area (Å²) in [6, 6.07) is 11.9. The van der Waals surface area contributed by atoms with Gasteiger partial charge in [0.1, 0.15) is 11.4 Å². The van der Waals surface area contributed by atoms with E-state index in [9.17, 15) is 17.5 Å². The summed E-state index contributed by atoms with van der Waals surface area (Å²) in [5.74, 6) is 0.445. The van der Waals surface area contributed by atoms with E-state index in [2.05, 4.69) is 5.10 Å². The Hall–Kier alpha value is -1.29. The van der Waals surface area contributed by atoms with Crippen molar-refractivity contribution in [1.82, 2.24) is 9.78 Å². The van der Waals surface area contributed by atoms with Crippen molar-refractivity contribution in [3.63, 3.8) is 0 Å². The zero-order valence-electron chi connectivity index (χ0n) is 14.4. The second-order valence-corrected chi connectivity index (χ2v) is 6.59. The Balaban J connectivity index is 0.00000261. The van der Waals surface area contributed by atoms with Gasteiger partial charge in [-0.1, -0.05) is 23.7 Å². The molecule has 0 saturated heterocycles. The van der Waals surface area contributed by atoms with Crippen LogP contribution in [0.15, 0.2) is 53.4 Å². The molecule has 1 unspecified atom stereocenters. The van der Waals surface area contributed by atoms with Crippen molar-refractivity contribution >= 4 is 22.7 Å². The summed E-state index contributed by atoms with van der Waals surface area (Å²) in [5, 5.41) is 4.26. The van der Waals surface area contributed by atoms with Crippen LogP contribution in [0.25, 0.3) is 16.9 Å². The quantitative estimate of drug-likeness (QED) is 0.462. The van der Waals surface area contributed by atoms with Crippen molar-refractivity contribution in [2.45, 2.75) is 11.3 Å². The Morgan fingerprint density at radius 2 is 1.85 bits per heavy atom. The van der Waals surface area contributed by atoms with Gasteiger partial charge in [0.15, 0.2) is 0 Å². The molecule has 1 heterocycles. The molecular formula is C17H12ClF2N2NaO3S. The van der Waals surface area contributed by atoms with E-state index in [1.165, 1.54) is 42.1 Å². The van der Waals surface area contributed by atoms with Gasteiger partial charge in [-0.05, 0) is 47.5 Å². The van der Waals surface area contributed by atoms with Crippen LogP contribution in [0.4, 0.5) is 8.78 Å². The van der Waals surface area contributed by atoms with Gasteiger partial charge in [0.25, 0.3) is 6.43 Å². The van der Waals surface area contributed by atoms with Gasteiger partial charge >= 0.3 is 29.6 Å². The third kappa shape index (κ3) is 4.77. The minimum Gasteiger partial charge on any atom is -0.768 e. The summed E-state index contributed by atoms with van der Waals surface area (Å²) in [5.41, 5.74) is 0.980. The fraction of sp³-hybridized carbons (Fsp3) is 0.118. The average molecular weight is 421 g/mol. The molecule has 0 spiro atoms. The molecule has 0 aliphatic rings. The third-order valence-electron chi connectivity index (χ3n) is 3.67. The average Bonchev–Trinajstić information content (AvgIpc) is 3.07. The molecule has 0 fully saturated rings. The van der Waals surface area contributed by atoms with Crippen LogP contribution in [0.3, 0.4) is 0 Å². The molecule has 5 nitrogen and oxygen atoms in total. The minimum atomic E-state index is -2.75. The van der Waals surface area contributed by atoms with Crippen LogP contribution in [0.2, 0.25) is 5.02 Å². The first-order valence-corrected chi connectivity index (χ1v) is 8.77. The summed E-state index contributed by atoms with van der Waals surface area (Å²) >= 11 is 3.75. The monoisotopic (exact) mass is 420 g/mol. The Labute approximate surface area is 183 Å². The molecule has 10 heteroatoms. The number of aromatic nitrogens is 2. The fourth-order valence-electron chi connectivity index (χ4n) is 2.43. The van der Waals surface area contributed by atoms with Crippen LogP contribution in [0.1, 0.15) is 12.1 Å². The molecule has 0 bridgehead atoms. The summed E-state index contributed by atoms with van der Waals surface area (Å²) in [7, 11) is 1.47. The Morgan fingerprint density at radius 1 is 1.19 bits per heavy atom. The van der Waals surface area contributed by atoms with Gasteiger partial charge in [0.2, 0.25) is 0 Å². The third-order valence-corrected chi connectivity index (χ3v) is 4.63. The first kappa shape index (κ1) is 22.0. The maximum Gasteiger partial charge on any atom is 1.00 e. The van der Waals surface area contributed by atoms with Crippen LogP contribution in [0.5, 0.6) is 5.75 Å². The second kappa shape index (κ2) is 9.27. The van der Waals surface area contributed by atoms with Crippen LogP contribution < -0.4 is 34.3 Å². The molecule has 0 saturated carbocycles. The predicted molar refractivity (Wildman–Crippen MR) is 92.7 cm³/mol. The Kier molecular flexibility index (Phi) is 7.55. The van der Waals surface area contributed by atoms with Crippen molar-refractivity contribution in [3.8, 4) is 22.7 Å². The summed E-state index contributed by atoms with van der Waals surface area (Å²) in [4.78, 5) is 0.0985. The number of alkyl halides is 2. The van der Waals surface area contributed by atoms with Crippen molar-refractivity contribution in [3.05, 3.63) is 59.2 Å². The van der Waals surface area contributed by atoms with E-state index in [0.29, 0.717) is 27.7 Å². The molecule has 0 N–H and O–H groups in total. The van der Waals surface area contributed by atoms with E-state index < -0.39 is 23.2 Å². The number of methoxy groups -OCH3 is 1. The number of ether oxygens (including phenoxy) is 1. The first-order valence-electron chi connectivity index (χ1n) is 7.32. The second-order valence-electron chi connectivity index (χ2n) is 5.24. The standard InChI is InChI=1S/C17H13ClF2N2O3S.Na/c1-25-16-7-4-11(8-13(16)18)22-15(9-14(21-22)17(19)20)10-2-5-12(6-3-10)26(23)24;/h2-9,17H,1H3,(H,23,24);/q;+1/p-1. The van der Waals surface area contributed by atoms with Crippen LogP contribution in [0, 0.1) is 0 Å². The van der Waals surface area contributed by atoms with Gasteiger partial charge in [-0.3, -0.25) is 4.21 Å². The van der Waals surface area contributed by atoms with Gasteiger partial charge in [0, 0.05) is 10.5 Å². The largest absolute Gasteiger partial charge is 1.00 e. The van der Waals surface area contributed by atoms with E-state index in [1.54, 1.807) is 18.2 Å². The number of nitrogens with zero attached hydrogens (tertiary/aromatic N) is 2. The zero-order chi connectivity index (χ0) is 18.8.